The Kier molecular flexibility index (Phi) is 7.60. The van der Waals surface area contributed by atoms with Crippen molar-refractivity contribution in [3.63, 3.8) is 0 Å². The lowest BCUT2D eigenvalue weighted by Crippen LogP contribution is -2.30. The number of benzene rings is 2. The Morgan fingerprint density at radius 1 is 1.04 bits per heavy atom. The number of rotatable bonds is 9. The standard InChI is InChI=1S/C21H28N2O4S/c1-5-16(4)19-8-6-7-9-20(19)27-14-21(24)22-17-10-12-18(13-11-17)28(25,26)23-15(2)3/h6-13,15-16,23H,5,14H2,1-4H3,(H,22,24)/t16-/m0/s1. The predicted octanol–water partition coefficient (Wildman–Crippen LogP) is 3.90. The second-order valence-corrected chi connectivity index (χ2v) is 8.70. The van der Waals surface area contributed by atoms with E-state index < -0.39 is 10.0 Å². The van der Waals surface area contributed by atoms with Crippen LogP contribution in [0, 0.1) is 0 Å². The SMILES string of the molecule is CC[C@H](C)c1ccccc1OCC(=O)Nc1ccc(S(=O)(=O)NC(C)C)cc1. The van der Waals surface area contributed by atoms with Crippen molar-refractivity contribution < 1.29 is 17.9 Å². The van der Waals surface area contributed by atoms with Gasteiger partial charge < -0.3 is 10.1 Å². The molecule has 2 rings (SSSR count). The van der Waals surface area contributed by atoms with Crippen molar-refractivity contribution in [2.24, 2.45) is 0 Å². The highest BCUT2D eigenvalue weighted by molar-refractivity contribution is 7.89. The molecule has 6 nitrogen and oxygen atoms in total. The van der Waals surface area contributed by atoms with Crippen LogP contribution in [0.5, 0.6) is 5.75 Å². The van der Waals surface area contributed by atoms with Gasteiger partial charge in [-0.1, -0.05) is 32.0 Å². The summed E-state index contributed by atoms with van der Waals surface area (Å²) in [5.41, 5.74) is 1.58. The monoisotopic (exact) mass is 404 g/mol. The average molecular weight is 405 g/mol. The fourth-order valence-corrected chi connectivity index (χ4v) is 3.93. The van der Waals surface area contributed by atoms with Crippen LogP contribution in [0.15, 0.2) is 53.4 Å². The highest BCUT2D eigenvalue weighted by atomic mass is 32.2. The van der Waals surface area contributed by atoms with Gasteiger partial charge in [0.25, 0.3) is 5.91 Å². The predicted molar refractivity (Wildman–Crippen MR) is 111 cm³/mol. The molecule has 1 atom stereocenters. The van der Waals surface area contributed by atoms with E-state index in [2.05, 4.69) is 23.9 Å². The topological polar surface area (TPSA) is 84.5 Å². The van der Waals surface area contributed by atoms with Crippen molar-refractivity contribution in [3.8, 4) is 5.75 Å². The number of carbonyl (C=O) groups excluding carboxylic acids is 1. The maximum atomic E-state index is 12.2. The van der Waals surface area contributed by atoms with Crippen LogP contribution < -0.4 is 14.8 Å². The van der Waals surface area contributed by atoms with Crippen LogP contribution in [0.4, 0.5) is 5.69 Å². The third-order valence-electron chi connectivity index (χ3n) is 4.26. The lowest BCUT2D eigenvalue weighted by Gasteiger charge is -2.15. The van der Waals surface area contributed by atoms with Crippen LogP contribution in [0.2, 0.25) is 0 Å². The van der Waals surface area contributed by atoms with Gasteiger partial charge in [-0.3, -0.25) is 4.79 Å². The molecule has 0 spiro atoms. The summed E-state index contributed by atoms with van der Waals surface area (Å²) in [7, 11) is -3.55. The van der Waals surface area contributed by atoms with Crippen molar-refractivity contribution in [1.29, 1.82) is 0 Å². The Morgan fingerprint density at radius 3 is 2.29 bits per heavy atom. The number of carbonyl (C=O) groups is 1. The number of hydrogen-bond acceptors (Lipinski definition) is 4. The first-order valence-electron chi connectivity index (χ1n) is 9.37. The molecule has 0 saturated carbocycles. The molecule has 0 bridgehead atoms. The van der Waals surface area contributed by atoms with Gasteiger partial charge >= 0.3 is 0 Å². The van der Waals surface area contributed by atoms with Crippen LogP contribution in [0.1, 0.15) is 45.6 Å². The number of nitrogens with one attached hydrogen (secondary N) is 2. The molecule has 0 aliphatic carbocycles. The van der Waals surface area contributed by atoms with Crippen molar-refractivity contribution >= 4 is 21.6 Å². The van der Waals surface area contributed by atoms with Crippen LogP contribution in [0.3, 0.4) is 0 Å². The van der Waals surface area contributed by atoms with E-state index in [1.165, 1.54) is 12.1 Å². The first kappa shape index (κ1) is 21.9. The summed E-state index contributed by atoms with van der Waals surface area (Å²) >= 11 is 0. The average Bonchev–Trinajstić information content (AvgIpc) is 2.65. The van der Waals surface area contributed by atoms with Crippen molar-refractivity contribution in [2.75, 3.05) is 11.9 Å². The molecule has 2 aromatic rings. The first-order chi connectivity index (χ1) is 13.2. The van der Waals surface area contributed by atoms with E-state index in [0.717, 1.165) is 12.0 Å². The molecule has 0 fully saturated rings. The zero-order chi connectivity index (χ0) is 20.7. The van der Waals surface area contributed by atoms with E-state index in [1.807, 2.05) is 24.3 Å². The van der Waals surface area contributed by atoms with Crippen molar-refractivity contribution in [3.05, 3.63) is 54.1 Å². The summed E-state index contributed by atoms with van der Waals surface area (Å²) in [6.45, 7) is 7.61. The van der Waals surface area contributed by atoms with Gasteiger partial charge in [-0.15, -0.1) is 0 Å². The van der Waals surface area contributed by atoms with E-state index in [1.54, 1.807) is 26.0 Å². The number of para-hydroxylation sites is 1. The summed E-state index contributed by atoms with van der Waals surface area (Å²) in [5, 5.41) is 2.72. The second kappa shape index (κ2) is 9.71. The number of ether oxygens (including phenoxy) is 1. The number of anilines is 1. The molecule has 0 heterocycles. The Balaban J connectivity index is 1.97. The van der Waals surface area contributed by atoms with Gasteiger partial charge in [0.2, 0.25) is 10.0 Å². The molecule has 28 heavy (non-hydrogen) atoms. The van der Waals surface area contributed by atoms with Gasteiger partial charge in [-0.25, -0.2) is 13.1 Å². The lowest BCUT2D eigenvalue weighted by molar-refractivity contribution is -0.118. The van der Waals surface area contributed by atoms with Gasteiger partial charge in [-0.05, 0) is 62.1 Å². The van der Waals surface area contributed by atoms with E-state index in [-0.39, 0.29) is 23.5 Å². The van der Waals surface area contributed by atoms with Crippen LogP contribution in [-0.2, 0) is 14.8 Å². The van der Waals surface area contributed by atoms with E-state index in [0.29, 0.717) is 17.4 Å². The summed E-state index contributed by atoms with van der Waals surface area (Å²) < 4.78 is 32.5. The number of hydrogen-bond donors (Lipinski definition) is 2. The highest BCUT2D eigenvalue weighted by Gasteiger charge is 2.15. The van der Waals surface area contributed by atoms with Gasteiger partial charge in [0, 0.05) is 11.7 Å². The van der Waals surface area contributed by atoms with Gasteiger partial charge in [-0.2, -0.15) is 0 Å². The minimum atomic E-state index is -3.55. The zero-order valence-electron chi connectivity index (χ0n) is 16.7. The number of amides is 1. The molecule has 1 amide bonds. The third kappa shape index (κ3) is 6.07. The fraction of sp³-hybridized carbons (Fsp3) is 0.381. The maximum absolute atomic E-state index is 12.2. The maximum Gasteiger partial charge on any atom is 0.262 e. The normalized spacial score (nSPS) is 12.6. The Bertz CT molecular complexity index is 893. The molecule has 0 radical (unpaired) electrons. The molecular formula is C21H28N2O4S. The smallest absolute Gasteiger partial charge is 0.262 e. The van der Waals surface area contributed by atoms with E-state index in [4.69, 9.17) is 4.74 Å². The van der Waals surface area contributed by atoms with Gasteiger partial charge in [0.05, 0.1) is 4.90 Å². The molecule has 0 unspecified atom stereocenters. The summed E-state index contributed by atoms with van der Waals surface area (Å²) in [5.74, 6) is 0.733. The molecule has 2 N–H and O–H groups in total. The van der Waals surface area contributed by atoms with Gasteiger partial charge in [0.1, 0.15) is 5.75 Å². The summed E-state index contributed by atoms with van der Waals surface area (Å²) in [6, 6.07) is 13.5. The summed E-state index contributed by atoms with van der Waals surface area (Å²) in [4.78, 5) is 12.3. The van der Waals surface area contributed by atoms with Crippen LogP contribution >= 0.6 is 0 Å². The van der Waals surface area contributed by atoms with Crippen LogP contribution in [0.25, 0.3) is 0 Å². The lowest BCUT2D eigenvalue weighted by atomic mass is 9.98. The minimum absolute atomic E-state index is 0.123. The number of sulfonamides is 1. The zero-order valence-corrected chi connectivity index (χ0v) is 17.5. The third-order valence-corrected chi connectivity index (χ3v) is 5.93. The minimum Gasteiger partial charge on any atom is -0.483 e. The van der Waals surface area contributed by atoms with E-state index >= 15 is 0 Å². The molecule has 0 aliphatic rings. The molecule has 0 aliphatic heterocycles. The van der Waals surface area contributed by atoms with Gasteiger partial charge in [0.15, 0.2) is 6.61 Å². The Morgan fingerprint density at radius 2 is 1.68 bits per heavy atom. The quantitative estimate of drug-likeness (QED) is 0.664. The van der Waals surface area contributed by atoms with E-state index in [9.17, 15) is 13.2 Å². The van der Waals surface area contributed by atoms with Crippen LogP contribution in [-0.4, -0.2) is 27.0 Å². The largest absolute Gasteiger partial charge is 0.483 e. The van der Waals surface area contributed by atoms with Crippen molar-refractivity contribution in [1.82, 2.24) is 4.72 Å². The Hall–Kier alpha value is -2.38. The molecule has 152 valence electrons. The molecule has 0 aromatic heterocycles. The fourth-order valence-electron chi connectivity index (χ4n) is 2.68. The molecule has 0 saturated heterocycles. The second-order valence-electron chi connectivity index (χ2n) is 6.98. The van der Waals surface area contributed by atoms with Crippen molar-refractivity contribution in [2.45, 2.75) is 51.0 Å². The molecular weight excluding hydrogens is 376 g/mol. The summed E-state index contributed by atoms with van der Waals surface area (Å²) in [6.07, 6.45) is 0.980. The molecule has 2 aromatic carbocycles. The Labute approximate surface area is 167 Å². The highest BCUT2D eigenvalue weighted by Crippen LogP contribution is 2.28. The molecule has 7 heteroatoms. The first-order valence-corrected chi connectivity index (χ1v) is 10.8.